The van der Waals surface area contributed by atoms with Crippen molar-refractivity contribution in [1.82, 2.24) is 4.90 Å². The molecule has 0 unspecified atom stereocenters. The second kappa shape index (κ2) is 4.43. The third kappa shape index (κ3) is 2.39. The molecule has 1 aliphatic heterocycles. The maximum Gasteiger partial charge on any atom is 0.231 e. The fourth-order valence-corrected chi connectivity index (χ4v) is 2.58. The Balaban J connectivity index is 1.71. The van der Waals surface area contributed by atoms with Gasteiger partial charge in [0.1, 0.15) is 0 Å². The number of nitriles is 1. The van der Waals surface area contributed by atoms with Gasteiger partial charge in [-0.3, -0.25) is 0 Å². The zero-order valence-corrected chi connectivity index (χ0v) is 11.4. The molecule has 0 N–H and O–H groups in total. The minimum atomic E-state index is -0.0843. The Kier molecular flexibility index (Phi) is 2.87. The Bertz CT molecular complexity index is 544. The van der Waals surface area contributed by atoms with Crippen molar-refractivity contribution in [1.29, 1.82) is 5.26 Å². The molecule has 1 fully saturated rings. The van der Waals surface area contributed by atoms with Crippen molar-refractivity contribution in [3.63, 3.8) is 0 Å². The van der Waals surface area contributed by atoms with Crippen molar-refractivity contribution < 1.29 is 9.47 Å². The van der Waals surface area contributed by atoms with Gasteiger partial charge in [0.15, 0.2) is 11.5 Å². The van der Waals surface area contributed by atoms with Gasteiger partial charge < -0.3 is 14.4 Å². The summed E-state index contributed by atoms with van der Waals surface area (Å²) in [5.41, 5.74) is 2.36. The Morgan fingerprint density at radius 1 is 1.32 bits per heavy atom. The number of ether oxygens (including phenoxy) is 2. The van der Waals surface area contributed by atoms with Gasteiger partial charge in [0.2, 0.25) is 6.79 Å². The molecule has 19 heavy (non-hydrogen) atoms. The van der Waals surface area contributed by atoms with E-state index < -0.39 is 0 Å². The molecule has 1 aromatic rings. The summed E-state index contributed by atoms with van der Waals surface area (Å²) in [5, 5.41) is 9.14. The third-order valence-electron chi connectivity index (χ3n) is 3.93. The number of hydrogen-bond donors (Lipinski definition) is 0. The Morgan fingerprint density at radius 2 is 2.00 bits per heavy atom. The van der Waals surface area contributed by atoms with E-state index in [0.717, 1.165) is 37.4 Å². The molecular weight excluding hydrogens is 240 g/mol. The van der Waals surface area contributed by atoms with E-state index in [0.29, 0.717) is 6.79 Å². The van der Waals surface area contributed by atoms with E-state index in [4.69, 9.17) is 14.7 Å². The lowest BCUT2D eigenvalue weighted by Gasteiger charge is -2.20. The van der Waals surface area contributed by atoms with Crippen molar-refractivity contribution in [3.05, 3.63) is 23.3 Å². The lowest BCUT2D eigenvalue weighted by molar-refractivity contribution is 0.174. The van der Waals surface area contributed by atoms with Crippen LogP contribution in [0, 0.1) is 23.7 Å². The summed E-state index contributed by atoms with van der Waals surface area (Å²) in [6.45, 7) is 4.08. The monoisotopic (exact) mass is 258 g/mol. The van der Waals surface area contributed by atoms with Crippen LogP contribution in [0.5, 0.6) is 11.5 Å². The van der Waals surface area contributed by atoms with Gasteiger partial charge in [-0.1, -0.05) is 0 Å². The molecule has 1 aliphatic carbocycles. The van der Waals surface area contributed by atoms with Crippen LogP contribution in [-0.2, 0) is 6.54 Å². The van der Waals surface area contributed by atoms with Crippen LogP contribution in [0.15, 0.2) is 12.1 Å². The second-order valence-corrected chi connectivity index (χ2v) is 5.70. The van der Waals surface area contributed by atoms with Gasteiger partial charge in [-0.05, 0) is 50.1 Å². The lowest BCUT2D eigenvalue weighted by Crippen LogP contribution is -2.25. The van der Waals surface area contributed by atoms with Crippen molar-refractivity contribution >= 4 is 0 Å². The molecular formula is C15H18N2O2. The molecule has 1 heterocycles. The van der Waals surface area contributed by atoms with Crippen LogP contribution in [0.2, 0.25) is 0 Å². The van der Waals surface area contributed by atoms with E-state index >= 15 is 0 Å². The normalized spacial score (nSPS) is 18.4. The molecule has 0 saturated heterocycles. The quantitative estimate of drug-likeness (QED) is 0.832. The highest BCUT2D eigenvalue weighted by Crippen LogP contribution is 2.45. The summed E-state index contributed by atoms with van der Waals surface area (Å²) in [7, 11) is 2.07. The number of aryl methyl sites for hydroxylation is 1. The Hall–Kier alpha value is -1.73. The first-order valence-corrected chi connectivity index (χ1v) is 6.61. The second-order valence-electron chi connectivity index (χ2n) is 5.70. The number of benzene rings is 1. The third-order valence-corrected chi connectivity index (χ3v) is 3.93. The van der Waals surface area contributed by atoms with Crippen molar-refractivity contribution in [2.75, 3.05) is 20.4 Å². The molecule has 4 heteroatoms. The van der Waals surface area contributed by atoms with Crippen LogP contribution in [0.4, 0.5) is 0 Å². The van der Waals surface area contributed by atoms with Gasteiger partial charge in [0.05, 0.1) is 11.5 Å². The number of fused-ring (bicyclic) bond motifs is 1. The molecule has 1 saturated carbocycles. The van der Waals surface area contributed by atoms with Gasteiger partial charge in [-0.2, -0.15) is 5.26 Å². The topological polar surface area (TPSA) is 45.5 Å². The molecule has 3 rings (SSSR count). The predicted molar refractivity (Wildman–Crippen MR) is 70.9 cm³/mol. The highest BCUT2D eigenvalue weighted by Gasteiger charge is 2.43. The Morgan fingerprint density at radius 3 is 2.63 bits per heavy atom. The minimum absolute atomic E-state index is 0.0843. The summed E-state index contributed by atoms with van der Waals surface area (Å²) >= 11 is 0. The highest BCUT2D eigenvalue weighted by atomic mass is 16.7. The summed E-state index contributed by atoms with van der Waals surface area (Å²) < 4.78 is 10.8. The van der Waals surface area contributed by atoms with E-state index in [2.05, 4.69) is 31.0 Å². The molecule has 0 radical (unpaired) electrons. The molecule has 0 atom stereocenters. The average Bonchev–Trinajstić information content (AvgIpc) is 3.00. The van der Waals surface area contributed by atoms with Crippen LogP contribution in [0.1, 0.15) is 24.0 Å². The van der Waals surface area contributed by atoms with Crippen LogP contribution in [0.3, 0.4) is 0 Å². The molecule has 1 aromatic carbocycles. The summed E-state index contributed by atoms with van der Waals surface area (Å²) in [6.07, 6.45) is 2.07. The molecule has 0 bridgehead atoms. The van der Waals surface area contributed by atoms with E-state index in [1.807, 2.05) is 6.07 Å². The molecule has 100 valence electrons. The Labute approximate surface area is 113 Å². The zero-order valence-electron chi connectivity index (χ0n) is 11.4. The molecule has 0 aromatic heterocycles. The van der Waals surface area contributed by atoms with Gasteiger partial charge in [-0.25, -0.2) is 0 Å². The predicted octanol–water partition coefficient (Wildman–Crippen LogP) is 2.46. The fourth-order valence-electron chi connectivity index (χ4n) is 2.58. The van der Waals surface area contributed by atoms with Crippen molar-refractivity contribution in [3.8, 4) is 17.6 Å². The van der Waals surface area contributed by atoms with Gasteiger partial charge in [0.25, 0.3) is 0 Å². The largest absolute Gasteiger partial charge is 0.454 e. The van der Waals surface area contributed by atoms with Crippen LogP contribution < -0.4 is 9.47 Å². The van der Waals surface area contributed by atoms with Gasteiger partial charge in [0, 0.05) is 13.1 Å². The van der Waals surface area contributed by atoms with Gasteiger partial charge in [-0.15, -0.1) is 0 Å². The van der Waals surface area contributed by atoms with E-state index in [1.54, 1.807) is 0 Å². The average molecular weight is 258 g/mol. The maximum atomic E-state index is 9.14. The highest BCUT2D eigenvalue weighted by molar-refractivity contribution is 5.48. The smallest absolute Gasteiger partial charge is 0.231 e. The molecule has 4 nitrogen and oxygen atoms in total. The van der Waals surface area contributed by atoms with Crippen LogP contribution >= 0.6 is 0 Å². The van der Waals surface area contributed by atoms with Crippen molar-refractivity contribution in [2.45, 2.75) is 26.3 Å². The van der Waals surface area contributed by atoms with E-state index in [-0.39, 0.29) is 5.41 Å². The van der Waals surface area contributed by atoms with E-state index in [9.17, 15) is 0 Å². The number of rotatable bonds is 4. The van der Waals surface area contributed by atoms with Crippen LogP contribution in [0.25, 0.3) is 0 Å². The SMILES string of the molecule is Cc1cc2c(cc1CN(C)CC1(C#N)CC1)OCO2. The maximum absolute atomic E-state index is 9.14. The first-order valence-electron chi connectivity index (χ1n) is 6.61. The zero-order chi connectivity index (χ0) is 13.5. The number of hydrogen-bond acceptors (Lipinski definition) is 4. The van der Waals surface area contributed by atoms with Crippen molar-refractivity contribution in [2.24, 2.45) is 5.41 Å². The summed E-state index contributed by atoms with van der Waals surface area (Å²) in [6, 6.07) is 6.53. The molecule has 2 aliphatic rings. The minimum Gasteiger partial charge on any atom is -0.454 e. The lowest BCUT2D eigenvalue weighted by atomic mass is 10.1. The first kappa shape index (κ1) is 12.3. The molecule has 0 amide bonds. The summed E-state index contributed by atoms with van der Waals surface area (Å²) in [4.78, 5) is 2.22. The van der Waals surface area contributed by atoms with Gasteiger partial charge >= 0.3 is 0 Å². The molecule has 0 spiro atoms. The first-order chi connectivity index (χ1) is 9.12. The van der Waals surface area contributed by atoms with Crippen LogP contribution in [-0.4, -0.2) is 25.3 Å². The standard InChI is InChI=1S/C15H18N2O2/c1-11-5-13-14(19-10-18-13)6-12(11)7-17(2)9-15(8-16)3-4-15/h5-6H,3-4,7,9-10H2,1-2H3. The van der Waals surface area contributed by atoms with E-state index in [1.165, 1.54) is 11.1 Å². The fraction of sp³-hybridized carbons (Fsp3) is 0.533. The number of nitrogens with zero attached hydrogens (tertiary/aromatic N) is 2. The summed E-state index contributed by atoms with van der Waals surface area (Å²) in [5.74, 6) is 1.66.